The van der Waals surface area contributed by atoms with Crippen LogP contribution in [0.1, 0.15) is 32.3 Å². The second-order valence-electron chi connectivity index (χ2n) is 5.87. The second kappa shape index (κ2) is 7.87. The van der Waals surface area contributed by atoms with Crippen LogP contribution in [0.4, 0.5) is 0 Å². The van der Waals surface area contributed by atoms with E-state index >= 15 is 0 Å². The summed E-state index contributed by atoms with van der Waals surface area (Å²) in [7, 11) is 2.17. The predicted molar refractivity (Wildman–Crippen MR) is 86.5 cm³/mol. The average molecular weight is 299 g/mol. The van der Waals surface area contributed by atoms with Crippen molar-refractivity contribution in [1.29, 1.82) is 0 Å². The number of rotatable bonds is 7. The molecule has 0 amide bonds. The molecular formula is C16H27ClN2O. The Morgan fingerprint density at radius 2 is 2.05 bits per heavy atom. The minimum atomic E-state index is 0. The molecule has 2 rings (SSSR count). The van der Waals surface area contributed by atoms with Gasteiger partial charge in [-0.1, -0.05) is 12.1 Å². The molecule has 1 aliphatic carbocycles. The van der Waals surface area contributed by atoms with Crippen LogP contribution in [0.2, 0.25) is 0 Å². The third kappa shape index (κ3) is 4.97. The topological polar surface area (TPSA) is 38.5 Å². The number of ether oxygens (including phenoxy) is 1. The smallest absolute Gasteiger partial charge is 0.120 e. The van der Waals surface area contributed by atoms with Gasteiger partial charge >= 0.3 is 0 Å². The molecule has 1 aliphatic rings. The highest BCUT2D eigenvalue weighted by Crippen LogP contribution is 2.35. The molecule has 1 atom stereocenters. The quantitative estimate of drug-likeness (QED) is 0.841. The molecule has 0 saturated heterocycles. The predicted octanol–water partition coefficient (Wildman–Crippen LogP) is 3.06. The van der Waals surface area contributed by atoms with Gasteiger partial charge in [-0.05, 0) is 57.4 Å². The van der Waals surface area contributed by atoms with Gasteiger partial charge in [0.05, 0.1) is 6.10 Å². The van der Waals surface area contributed by atoms with Crippen LogP contribution in [-0.4, -0.2) is 30.6 Å². The monoisotopic (exact) mass is 298 g/mol. The second-order valence-corrected chi connectivity index (χ2v) is 5.87. The molecule has 20 heavy (non-hydrogen) atoms. The molecule has 3 nitrogen and oxygen atoms in total. The van der Waals surface area contributed by atoms with Crippen molar-refractivity contribution >= 4 is 12.4 Å². The van der Waals surface area contributed by atoms with E-state index in [1.807, 2.05) is 6.07 Å². The number of halogens is 1. The van der Waals surface area contributed by atoms with E-state index in [0.29, 0.717) is 6.04 Å². The molecule has 4 heteroatoms. The van der Waals surface area contributed by atoms with Gasteiger partial charge in [-0.2, -0.15) is 0 Å². The summed E-state index contributed by atoms with van der Waals surface area (Å²) in [6.07, 6.45) is 2.89. The normalized spacial score (nSPS) is 16.1. The highest BCUT2D eigenvalue weighted by Gasteiger charge is 2.32. The van der Waals surface area contributed by atoms with Gasteiger partial charge in [0, 0.05) is 19.1 Å². The summed E-state index contributed by atoms with van der Waals surface area (Å²) in [5.41, 5.74) is 7.19. The fourth-order valence-electron chi connectivity index (χ4n) is 2.61. The van der Waals surface area contributed by atoms with Crippen LogP contribution in [0.15, 0.2) is 24.3 Å². The number of nitrogens with zero attached hydrogens (tertiary/aromatic N) is 1. The Balaban J connectivity index is 0.00000200. The van der Waals surface area contributed by atoms with Crippen LogP contribution in [0.25, 0.3) is 0 Å². The van der Waals surface area contributed by atoms with Crippen molar-refractivity contribution in [3.05, 3.63) is 29.8 Å². The summed E-state index contributed by atoms with van der Waals surface area (Å²) >= 11 is 0. The van der Waals surface area contributed by atoms with Crippen LogP contribution < -0.4 is 10.5 Å². The fourth-order valence-corrected chi connectivity index (χ4v) is 2.61. The largest absolute Gasteiger partial charge is 0.491 e. The lowest BCUT2D eigenvalue weighted by molar-refractivity contribution is 0.214. The first-order chi connectivity index (χ1) is 9.10. The van der Waals surface area contributed by atoms with Crippen LogP contribution in [0, 0.1) is 5.92 Å². The fraction of sp³-hybridized carbons (Fsp3) is 0.625. The van der Waals surface area contributed by atoms with Crippen molar-refractivity contribution in [2.24, 2.45) is 11.7 Å². The third-order valence-electron chi connectivity index (χ3n) is 3.68. The molecule has 1 aromatic carbocycles. The summed E-state index contributed by atoms with van der Waals surface area (Å²) in [6, 6.07) is 8.90. The number of hydrogen-bond donors (Lipinski definition) is 1. The van der Waals surface area contributed by atoms with E-state index in [0.717, 1.165) is 24.8 Å². The molecule has 1 saturated carbocycles. The lowest BCUT2D eigenvalue weighted by Gasteiger charge is -2.27. The number of likely N-dealkylation sites (N-methyl/N-ethyl adjacent to an activating group) is 1. The van der Waals surface area contributed by atoms with E-state index in [9.17, 15) is 0 Å². The zero-order valence-corrected chi connectivity index (χ0v) is 13.5. The van der Waals surface area contributed by atoms with Crippen LogP contribution >= 0.6 is 12.4 Å². The van der Waals surface area contributed by atoms with Gasteiger partial charge < -0.3 is 10.5 Å². The van der Waals surface area contributed by atoms with E-state index in [-0.39, 0.29) is 18.5 Å². The minimum absolute atomic E-state index is 0. The van der Waals surface area contributed by atoms with Crippen molar-refractivity contribution in [2.75, 3.05) is 13.6 Å². The van der Waals surface area contributed by atoms with Gasteiger partial charge in [0.2, 0.25) is 0 Å². The molecular weight excluding hydrogens is 272 g/mol. The van der Waals surface area contributed by atoms with Crippen molar-refractivity contribution < 1.29 is 4.74 Å². The Bertz CT molecular complexity index is 407. The zero-order valence-electron chi connectivity index (χ0n) is 12.7. The Kier molecular flexibility index (Phi) is 6.80. The Morgan fingerprint density at radius 3 is 2.60 bits per heavy atom. The van der Waals surface area contributed by atoms with Gasteiger partial charge in [-0.3, -0.25) is 4.90 Å². The summed E-state index contributed by atoms with van der Waals surface area (Å²) < 4.78 is 5.74. The van der Waals surface area contributed by atoms with E-state index in [4.69, 9.17) is 10.5 Å². The molecule has 1 unspecified atom stereocenters. The molecule has 0 radical (unpaired) electrons. The van der Waals surface area contributed by atoms with Crippen LogP contribution in [0.3, 0.4) is 0 Å². The van der Waals surface area contributed by atoms with Gasteiger partial charge in [0.1, 0.15) is 5.75 Å². The zero-order chi connectivity index (χ0) is 13.8. The van der Waals surface area contributed by atoms with Crippen molar-refractivity contribution in [1.82, 2.24) is 4.90 Å². The summed E-state index contributed by atoms with van der Waals surface area (Å²) in [4.78, 5) is 2.38. The van der Waals surface area contributed by atoms with E-state index < -0.39 is 0 Å². The lowest BCUT2D eigenvalue weighted by Crippen LogP contribution is -2.39. The van der Waals surface area contributed by atoms with Gasteiger partial charge in [0.15, 0.2) is 0 Å². The minimum Gasteiger partial charge on any atom is -0.491 e. The average Bonchev–Trinajstić information content (AvgIpc) is 3.14. The number of hydrogen-bond acceptors (Lipinski definition) is 3. The number of benzene rings is 1. The molecule has 1 fully saturated rings. The van der Waals surface area contributed by atoms with Gasteiger partial charge in [-0.15, -0.1) is 12.4 Å². The van der Waals surface area contributed by atoms with Crippen molar-refractivity contribution in [3.8, 4) is 5.75 Å². The molecule has 2 N–H and O–H groups in total. The third-order valence-corrected chi connectivity index (χ3v) is 3.68. The van der Waals surface area contributed by atoms with Gasteiger partial charge in [0.25, 0.3) is 0 Å². The Labute approximate surface area is 128 Å². The maximum Gasteiger partial charge on any atom is 0.120 e. The highest BCUT2D eigenvalue weighted by molar-refractivity contribution is 5.85. The molecule has 1 aromatic rings. The molecule has 0 heterocycles. The first-order valence-corrected chi connectivity index (χ1v) is 7.26. The first kappa shape index (κ1) is 17.3. The summed E-state index contributed by atoms with van der Waals surface area (Å²) in [5.74, 6) is 1.77. The Morgan fingerprint density at radius 1 is 1.35 bits per heavy atom. The molecule has 114 valence electrons. The molecule has 0 spiro atoms. The maximum atomic E-state index is 5.90. The van der Waals surface area contributed by atoms with Crippen LogP contribution in [-0.2, 0) is 6.54 Å². The van der Waals surface area contributed by atoms with Gasteiger partial charge in [-0.25, -0.2) is 0 Å². The van der Waals surface area contributed by atoms with E-state index in [2.05, 4.69) is 44.0 Å². The highest BCUT2D eigenvalue weighted by atomic mass is 35.5. The molecule has 0 aromatic heterocycles. The SMILES string of the molecule is CC(C)Oc1cccc(CN(C)C(CN)C2CC2)c1.Cl. The Hall–Kier alpha value is -0.770. The van der Waals surface area contributed by atoms with Crippen molar-refractivity contribution in [3.63, 3.8) is 0 Å². The van der Waals surface area contributed by atoms with Crippen LogP contribution in [0.5, 0.6) is 5.75 Å². The van der Waals surface area contributed by atoms with E-state index in [1.165, 1.54) is 18.4 Å². The standard InChI is InChI=1S/C16H26N2O.ClH/c1-12(2)19-15-6-4-5-13(9-15)11-18(3)16(10-17)14-7-8-14;/h4-6,9,12,14,16H,7-8,10-11,17H2,1-3H3;1H. The summed E-state index contributed by atoms with van der Waals surface area (Å²) in [5, 5.41) is 0. The first-order valence-electron chi connectivity index (χ1n) is 7.26. The lowest BCUT2D eigenvalue weighted by atomic mass is 10.1. The maximum absolute atomic E-state index is 5.90. The molecule has 0 bridgehead atoms. The van der Waals surface area contributed by atoms with E-state index in [1.54, 1.807) is 0 Å². The van der Waals surface area contributed by atoms with Crippen molar-refractivity contribution in [2.45, 2.75) is 45.4 Å². The molecule has 0 aliphatic heterocycles. The summed E-state index contributed by atoms with van der Waals surface area (Å²) in [6.45, 7) is 5.80. The number of nitrogens with two attached hydrogens (primary N) is 1.